The summed E-state index contributed by atoms with van der Waals surface area (Å²) in [6.07, 6.45) is 0.745. The molecule has 0 N–H and O–H groups in total. The van der Waals surface area contributed by atoms with Gasteiger partial charge >= 0.3 is 0 Å². The van der Waals surface area contributed by atoms with Gasteiger partial charge in [-0.15, -0.1) is 0 Å². The zero-order valence-corrected chi connectivity index (χ0v) is 10.6. The van der Waals surface area contributed by atoms with E-state index in [9.17, 15) is 0 Å². The molecule has 1 atom stereocenters. The summed E-state index contributed by atoms with van der Waals surface area (Å²) in [5.74, 6) is 1.54. The second kappa shape index (κ2) is 6.00. The van der Waals surface area contributed by atoms with Gasteiger partial charge in [0.1, 0.15) is 0 Å². The van der Waals surface area contributed by atoms with Crippen molar-refractivity contribution in [2.75, 3.05) is 21.3 Å². The Morgan fingerprint density at radius 2 is 1.65 bits per heavy atom. The summed E-state index contributed by atoms with van der Waals surface area (Å²) in [6.45, 7) is 1.97. The van der Waals surface area contributed by atoms with E-state index in [0.717, 1.165) is 12.0 Å². The fourth-order valence-corrected chi connectivity index (χ4v) is 1.70. The number of hydrogen-bond acceptors (Lipinski definition) is 4. The van der Waals surface area contributed by atoms with E-state index in [1.165, 1.54) is 0 Å². The van der Waals surface area contributed by atoms with Gasteiger partial charge in [-0.3, -0.25) is 0 Å². The summed E-state index contributed by atoms with van der Waals surface area (Å²) in [5, 5.41) is 9.07. The molecule has 1 unspecified atom stereocenters. The Balaban J connectivity index is 3.32. The summed E-state index contributed by atoms with van der Waals surface area (Å²) in [5.41, 5.74) is 0.879. The molecule has 0 heterocycles. The van der Waals surface area contributed by atoms with E-state index in [1.807, 2.05) is 19.1 Å². The van der Waals surface area contributed by atoms with Crippen LogP contribution in [0.15, 0.2) is 12.1 Å². The van der Waals surface area contributed by atoms with Crippen molar-refractivity contribution in [2.24, 2.45) is 0 Å². The Morgan fingerprint density at radius 1 is 1.12 bits per heavy atom. The number of methoxy groups -OCH3 is 3. The number of rotatable bonds is 5. The molecule has 0 saturated heterocycles. The van der Waals surface area contributed by atoms with Gasteiger partial charge in [-0.2, -0.15) is 5.26 Å². The summed E-state index contributed by atoms with van der Waals surface area (Å²) in [4.78, 5) is 0. The van der Waals surface area contributed by atoms with Crippen LogP contribution >= 0.6 is 0 Å². The number of nitriles is 1. The first-order chi connectivity index (χ1) is 8.21. The van der Waals surface area contributed by atoms with Crippen LogP contribution in [-0.2, 0) is 0 Å². The minimum Gasteiger partial charge on any atom is -0.493 e. The van der Waals surface area contributed by atoms with Gasteiger partial charge in [0.2, 0.25) is 5.75 Å². The zero-order chi connectivity index (χ0) is 12.8. The van der Waals surface area contributed by atoms with Gasteiger partial charge in [-0.25, -0.2) is 0 Å². The van der Waals surface area contributed by atoms with Crippen molar-refractivity contribution in [2.45, 2.75) is 19.3 Å². The van der Waals surface area contributed by atoms with Gasteiger partial charge in [0.25, 0.3) is 0 Å². The van der Waals surface area contributed by atoms with Crippen LogP contribution in [0.4, 0.5) is 0 Å². The van der Waals surface area contributed by atoms with E-state index in [-0.39, 0.29) is 5.92 Å². The molecule has 4 nitrogen and oxygen atoms in total. The molecule has 1 aromatic rings. The van der Waals surface area contributed by atoms with Crippen LogP contribution in [-0.4, -0.2) is 21.3 Å². The molecule has 0 amide bonds. The highest BCUT2D eigenvalue weighted by Gasteiger charge is 2.17. The van der Waals surface area contributed by atoms with Crippen molar-refractivity contribution >= 4 is 0 Å². The molecule has 1 aromatic carbocycles. The van der Waals surface area contributed by atoms with Crippen LogP contribution in [0.3, 0.4) is 0 Å². The number of ether oxygens (including phenoxy) is 3. The maximum atomic E-state index is 9.07. The Morgan fingerprint density at radius 3 is 1.94 bits per heavy atom. The maximum absolute atomic E-state index is 9.07. The fraction of sp³-hybridized carbons (Fsp3) is 0.462. The predicted octanol–water partition coefficient (Wildman–Crippen LogP) is 2.73. The van der Waals surface area contributed by atoms with Crippen molar-refractivity contribution in [3.8, 4) is 23.3 Å². The number of nitrogens with zero attached hydrogens (tertiary/aromatic N) is 1. The lowest BCUT2D eigenvalue weighted by molar-refractivity contribution is 0.323. The Labute approximate surface area is 102 Å². The first kappa shape index (κ1) is 13.2. The largest absolute Gasteiger partial charge is 0.493 e. The molecular weight excluding hydrogens is 218 g/mol. The molecule has 0 bridgehead atoms. The van der Waals surface area contributed by atoms with Crippen LogP contribution in [0.5, 0.6) is 17.2 Å². The van der Waals surface area contributed by atoms with Gasteiger partial charge in [0.15, 0.2) is 11.5 Å². The lowest BCUT2D eigenvalue weighted by atomic mass is 9.97. The third-order valence-corrected chi connectivity index (χ3v) is 2.65. The average molecular weight is 235 g/mol. The summed E-state index contributed by atoms with van der Waals surface area (Å²) < 4.78 is 15.7. The van der Waals surface area contributed by atoms with Crippen LogP contribution in [0, 0.1) is 11.3 Å². The molecule has 0 fully saturated rings. The Hall–Kier alpha value is -1.89. The molecule has 0 spiro atoms. The molecule has 0 aliphatic carbocycles. The van der Waals surface area contributed by atoms with E-state index >= 15 is 0 Å². The highest BCUT2D eigenvalue weighted by Crippen LogP contribution is 2.40. The van der Waals surface area contributed by atoms with Crippen molar-refractivity contribution in [1.82, 2.24) is 0 Å². The van der Waals surface area contributed by atoms with Gasteiger partial charge < -0.3 is 14.2 Å². The first-order valence-corrected chi connectivity index (χ1v) is 5.41. The highest BCUT2D eigenvalue weighted by atomic mass is 16.5. The fourth-order valence-electron chi connectivity index (χ4n) is 1.70. The van der Waals surface area contributed by atoms with E-state index in [0.29, 0.717) is 17.2 Å². The lowest BCUT2D eigenvalue weighted by Gasteiger charge is -2.15. The Kier molecular flexibility index (Phi) is 4.65. The van der Waals surface area contributed by atoms with Gasteiger partial charge in [-0.1, -0.05) is 6.92 Å². The molecule has 1 rings (SSSR count). The summed E-state index contributed by atoms with van der Waals surface area (Å²) >= 11 is 0. The molecule has 4 heteroatoms. The lowest BCUT2D eigenvalue weighted by Crippen LogP contribution is -2.00. The second-order valence-electron chi connectivity index (χ2n) is 3.55. The summed E-state index contributed by atoms with van der Waals surface area (Å²) in [6, 6.07) is 5.89. The highest BCUT2D eigenvalue weighted by molar-refractivity contribution is 5.55. The summed E-state index contributed by atoms with van der Waals surface area (Å²) in [7, 11) is 4.68. The van der Waals surface area contributed by atoms with E-state index < -0.39 is 0 Å². The van der Waals surface area contributed by atoms with Crippen molar-refractivity contribution < 1.29 is 14.2 Å². The van der Waals surface area contributed by atoms with E-state index in [2.05, 4.69) is 6.07 Å². The number of benzene rings is 1. The smallest absolute Gasteiger partial charge is 0.203 e. The van der Waals surface area contributed by atoms with Gasteiger partial charge in [-0.05, 0) is 24.1 Å². The van der Waals surface area contributed by atoms with Crippen molar-refractivity contribution in [3.05, 3.63) is 17.7 Å². The van der Waals surface area contributed by atoms with Crippen LogP contribution in [0.25, 0.3) is 0 Å². The van der Waals surface area contributed by atoms with E-state index in [1.54, 1.807) is 21.3 Å². The second-order valence-corrected chi connectivity index (χ2v) is 3.55. The quantitative estimate of drug-likeness (QED) is 0.787. The molecule has 0 aromatic heterocycles. The Bertz CT molecular complexity index is 398. The van der Waals surface area contributed by atoms with Gasteiger partial charge in [0.05, 0.1) is 33.3 Å². The van der Waals surface area contributed by atoms with Crippen LogP contribution in [0.2, 0.25) is 0 Å². The molecule has 0 aliphatic rings. The molecular formula is C13H17NO3. The topological polar surface area (TPSA) is 51.5 Å². The van der Waals surface area contributed by atoms with Gasteiger partial charge in [0, 0.05) is 0 Å². The third-order valence-electron chi connectivity index (χ3n) is 2.65. The molecule has 0 aliphatic heterocycles. The van der Waals surface area contributed by atoms with Crippen molar-refractivity contribution in [3.63, 3.8) is 0 Å². The first-order valence-electron chi connectivity index (χ1n) is 5.41. The zero-order valence-electron chi connectivity index (χ0n) is 10.6. The molecule has 0 radical (unpaired) electrons. The minimum absolute atomic E-state index is 0.163. The monoisotopic (exact) mass is 235 g/mol. The normalized spacial score (nSPS) is 11.5. The maximum Gasteiger partial charge on any atom is 0.203 e. The van der Waals surface area contributed by atoms with Crippen LogP contribution in [0.1, 0.15) is 24.8 Å². The molecule has 0 saturated carbocycles. The minimum atomic E-state index is -0.163. The third kappa shape index (κ3) is 2.62. The SMILES string of the molecule is CCC(C#N)c1cc(OC)c(OC)c(OC)c1. The van der Waals surface area contributed by atoms with Crippen LogP contribution < -0.4 is 14.2 Å². The molecule has 92 valence electrons. The average Bonchev–Trinajstić information content (AvgIpc) is 2.38. The molecule has 17 heavy (non-hydrogen) atoms. The number of hydrogen-bond donors (Lipinski definition) is 0. The van der Waals surface area contributed by atoms with Crippen molar-refractivity contribution in [1.29, 1.82) is 5.26 Å². The standard InChI is InChI=1S/C13H17NO3/c1-5-9(8-14)10-6-11(15-2)13(17-4)12(7-10)16-3/h6-7,9H,5H2,1-4H3. The predicted molar refractivity (Wildman–Crippen MR) is 64.7 cm³/mol. The van der Waals surface area contributed by atoms with E-state index in [4.69, 9.17) is 19.5 Å².